The van der Waals surface area contributed by atoms with E-state index in [1.54, 1.807) is 9.80 Å². The Morgan fingerprint density at radius 2 is 1.47 bits per heavy atom. The van der Waals surface area contributed by atoms with Gasteiger partial charge in [-0.05, 0) is 0 Å². The van der Waals surface area contributed by atoms with Gasteiger partial charge >= 0.3 is 11.8 Å². The third-order valence-electron chi connectivity index (χ3n) is 3.44. The van der Waals surface area contributed by atoms with E-state index in [1.807, 2.05) is 4.90 Å². The standard InChI is InChI=1S/C12H18N4O3/c13-1-2-14-3-5-15(6-4-14)11(17)12(18)16-7-9-19-10-8-16/h2-10H2. The molecule has 7 heteroatoms. The molecule has 2 fully saturated rings. The highest BCUT2D eigenvalue weighted by Gasteiger charge is 2.30. The van der Waals surface area contributed by atoms with Crippen molar-refractivity contribution in [3.8, 4) is 6.07 Å². The van der Waals surface area contributed by atoms with E-state index >= 15 is 0 Å². The first-order chi connectivity index (χ1) is 9.22. The van der Waals surface area contributed by atoms with Gasteiger partial charge in [-0.2, -0.15) is 5.26 Å². The molecule has 0 atom stereocenters. The van der Waals surface area contributed by atoms with E-state index in [0.717, 1.165) is 0 Å². The lowest BCUT2D eigenvalue weighted by molar-refractivity contribution is -0.155. The Labute approximate surface area is 112 Å². The van der Waals surface area contributed by atoms with Crippen LogP contribution in [-0.4, -0.2) is 85.5 Å². The van der Waals surface area contributed by atoms with Crippen molar-refractivity contribution in [2.24, 2.45) is 0 Å². The van der Waals surface area contributed by atoms with Crippen LogP contribution in [-0.2, 0) is 14.3 Å². The predicted octanol–water partition coefficient (Wildman–Crippen LogP) is -1.49. The van der Waals surface area contributed by atoms with Crippen molar-refractivity contribution in [1.29, 1.82) is 5.26 Å². The van der Waals surface area contributed by atoms with Crippen LogP contribution < -0.4 is 0 Å². The zero-order chi connectivity index (χ0) is 13.7. The van der Waals surface area contributed by atoms with Crippen molar-refractivity contribution < 1.29 is 14.3 Å². The smallest absolute Gasteiger partial charge is 0.312 e. The second-order valence-corrected chi connectivity index (χ2v) is 4.63. The van der Waals surface area contributed by atoms with E-state index in [9.17, 15) is 9.59 Å². The summed E-state index contributed by atoms with van der Waals surface area (Å²) >= 11 is 0. The van der Waals surface area contributed by atoms with E-state index in [2.05, 4.69) is 6.07 Å². The molecule has 2 rings (SSSR count). The lowest BCUT2D eigenvalue weighted by atomic mass is 10.3. The van der Waals surface area contributed by atoms with Gasteiger partial charge in [0.25, 0.3) is 0 Å². The van der Waals surface area contributed by atoms with Gasteiger partial charge in [0.2, 0.25) is 0 Å². The van der Waals surface area contributed by atoms with Gasteiger partial charge in [-0.15, -0.1) is 0 Å². The quantitative estimate of drug-likeness (QED) is 0.427. The zero-order valence-corrected chi connectivity index (χ0v) is 10.9. The highest BCUT2D eigenvalue weighted by molar-refractivity contribution is 6.34. The number of amides is 2. The molecule has 2 aliphatic heterocycles. The molecular formula is C12H18N4O3. The summed E-state index contributed by atoms with van der Waals surface area (Å²) in [6.45, 7) is 4.65. The van der Waals surface area contributed by atoms with Crippen molar-refractivity contribution >= 4 is 11.8 Å². The molecule has 0 spiro atoms. The van der Waals surface area contributed by atoms with Crippen LogP contribution in [0.25, 0.3) is 0 Å². The molecule has 104 valence electrons. The van der Waals surface area contributed by atoms with Crippen molar-refractivity contribution in [2.45, 2.75) is 0 Å². The number of hydrogen-bond donors (Lipinski definition) is 0. The molecule has 19 heavy (non-hydrogen) atoms. The van der Waals surface area contributed by atoms with Crippen LogP contribution in [0.3, 0.4) is 0 Å². The van der Waals surface area contributed by atoms with Crippen molar-refractivity contribution in [3.63, 3.8) is 0 Å². The number of ether oxygens (including phenoxy) is 1. The molecule has 0 aromatic rings. The van der Waals surface area contributed by atoms with Crippen LogP contribution in [0.2, 0.25) is 0 Å². The Kier molecular flexibility index (Phi) is 4.71. The highest BCUT2D eigenvalue weighted by Crippen LogP contribution is 2.05. The molecule has 0 N–H and O–H groups in total. The second kappa shape index (κ2) is 6.50. The minimum Gasteiger partial charge on any atom is -0.378 e. The van der Waals surface area contributed by atoms with Gasteiger partial charge in [0, 0.05) is 39.3 Å². The Balaban J connectivity index is 1.83. The number of rotatable bonds is 1. The normalized spacial score (nSPS) is 21.0. The summed E-state index contributed by atoms with van der Waals surface area (Å²) in [4.78, 5) is 29.2. The molecule has 0 bridgehead atoms. The first-order valence-electron chi connectivity index (χ1n) is 6.47. The number of nitrogens with zero attached hydrogens (tertiary/aromatic N) is 4. The predicted molar refractivity (Wildman–Crippen MR) is 66.0 cm³/mol. The third-order valence-corrected chi connectivity index (χ3v) is 3.44. The first kappa shape index (κ1) is 13.8. The fourth-order valence-electron chi connectivity index (χ4n) is 2.25. The Bertz CT molecular complexity index is 379. The zero-order valence-electron chi connectivity index (χ0n) is 10.9. The Morgan fingerprint density at radius 1 is 0.947 bits per heavy atom. The van der Waals surface area contributed by atoms with Crippen molar-refractivity contribution in [3.05, 3.63) is 0 Å². The molecule has 0 aromatic carbocycles. The molecule has 7 nitrogen and oxygen atoms in total. The maximum absolute atomic E-state index is 12.1. The van der Waals surface area contributed by atoms with E-state index in [0.29, 0.717) is 59.0 Å². The molecule has 2 heterocycles. The first-order valence-corrected chi connectivity index (χ1v) is 6.47. The minimum absolute atomic E-state index is 0.374. The van der Waals surface area contributed by atoms with Gasteiger partial charge in [0.1, 0.15) is 0 Å². The van der Waals surface area contributed by atoms with Gasteiger partial charge in [0.15, 0.2) is 0 Å². The third kappa shape index (κ3) is 3.43. The van der Waals surface area contributed by atoms with Crippen molar-refractivity contribution in [2.75, 3.05) is 59.0 Å². The van der Waals surface area contributed by atoms with Crippen LogP contribution >= 0.6 is 0 Å². The summed E-state index contributed by atoms with van der Waals surface area (Å²) in [5.41, 5.74) is 0. The van der Waals surface area contributed by atoms with E-state index in [-0.39, 0.29) is 0 Å². The number of hydrogen-bond acceptors (Lipinski definition) is 5. The average molecular weight is 266 g/mol. The summed E-state index contributed by atoms with van der Waals surface area (Å²) in [5, 5.41) is 8.61. The SMILES string of the molecule is N#CCN1CCN(C(=O)C(=O)N2CCOCC2)CC1. The molecule has 0 saturated carbocycles. The van der Waals surface area contributed by atoms with Crippen LogP contribution in [0.4, 0.5) is 0 Å². The Hall–Kier alpha value is -1.65. The molecule has 2 saturated heterocycles. The van der Waals surface area contributed by atoms with Gasteiger partial charge in [-0.3, -0.25) is 14.5 Å². The summed E-state index contributed by atoms with van der Waals surface area (Å²) < 4.78 is 5.16. The van der Waals surface area contributed by atoms with E-state index in [4.69, 9.17) is 10.00 Å². The largest absolute Gasteiger partial charge is 0.378 e. The molecule has 2 amide bonds. The number of morpholine rings is 1. The summed E-state index contributed by atoms with van der Waals surface area (Å²) in [7, 11) is 0. The molecule has 2 aliphatic rings. The van der Waals surface area contributed by atoms with E-state index in [1.165, 1.54) is 0 Å². The fourth-order valence-corrected chi connectivity index (χ4v) is 2.25. The maximum Gasteiger partial charge on any atom is 0.312 e. The van der Waals surface area contributed by atoms with Gasteiger partial charge in [-0.25, -0.2) is 0 Å². The lowest BCUT2D eigenvalue weighted by Crippen LogP contribution is -2.54. The molecule has 0 aromatic heterocycles. The number of piperazine rings is 1. The van der Waals surface area contributed by atoms with Gasteiger partial charge in [-0.1, -0.05) is 0 Å². The Morgan fingerprint density at radius 3 is 2.00 bits per heavy atom. The highest BCUT2D eigenvalue weighted by atomic mass is 16.5. The summed E-state index contributed by atoms with van der Waals surface area (Å²) in [6.07, 6.45) is 0. The van der Waals surface area contributed by atoms with Gasteiger partial charge < -0.3 is 14.5 Å². The number of carbonyl (C=O) groups excluding carboxylic acids is 2. The molecule has 0 unspecified atom stereocenters. The second-order valence-electron chi connectivity index (χ2n) is 4.63. The summed E-state index contributed by atoms with van der Waals surface area (Å²) in [6, 6.07) is 2.09. The number of carbonyl (C=O) groups is 2. The topological polar surface area (TPSA) is 76.9 Å². The van der Waals surface area contributed by atoms with Gasteiger partial charge in [0.05, 0.1) is 25.8 Å². The maximum atomic E-state index is 12.1. The monoisotopic (exact) mass is 266 g/mol. The summed E-state index contributed by atoms with van der Waals surface area (Å²) in [5.74, 6) is -0.865. The van der Waals surface area contributed by atoms with Crippen LogP contribution in [0.1, 0.15) is 0 Å². The fraction of sp³-hybridized carbons (Fsp3) is 0.750. The van der Waals surface area contributed by atoms with Crippen LogP contribution in [0, 0.1) is 11.3 Å². The van der Waals surface area contributed by atoms with E-state index < -0.39 is 11.8 Å². The lowest BCUT2D eigenvalue weighted by Gasteiger charge is -2.34. The molecule has 0 aliphatic carbocycles. The molecule has 0 radical (unpaired) electrons. The minimum atomic E-state index is -0.433. The van der Waals surface area contributed by atoms with Crippen molar-refractivity contribution in [1.82, 2.24) is 14.7 Å². The van der Waals surface area contributed by atoms with Crippen LogP contribution in [0.15, 0.2) is 0 Å². The average Bonchev–Trinajstić information content (AvgIpc) is 2.48. The number of nitriles is 1. The molecular weight excluding hydrogens is 248 g/mol. The van der Waals surface area contributed by atoms with Crippen LogP contribution in [0.5, 0.6) is 0 Å².